The maximum absolute atomic E-state index is 12.9. The summed E-state index contributed by atoms with van der Waals surface area (Å²) in [5.41, 5.74) is 0.420. The number of amides is 3. The van der Waals surface area contributed by atoms with Gasteiger partial charge < -0.3 is 10.1 Å². The van der Waals surface area contributed by atoms with E-state index in [1.54, 1.807) is 29.7 Å². The van der Waals surface area contributed by atoms with Gasteiger partial charge in [0.15, 0.2) is 5.16 Å². The third-order valence-corrected chi connectivity index (χ3v) is 4.91. The van der Waals surface area contributed by atoms with E-state index in [-0.39, 0.29) is 5.56 Å². The van der Waals surface area contributed by atoms with Gasteiger partial charge in [-0.1, -0.05) is 23.9 Å². The molecule has 2 rings (SSSR count). The van der Waals surface area contributed by atoms with Crippen LogP contribution in [0.5, 0.6) is 0 Å². The summed E-state index contributed by atoms with van der Waals surface area (Å²) in [6.45, 7) is 5.16. The van der Waals surface area contributed by atoms with Gasteiger partial charge in [0.2, 0.25) is 5.91 Å². The largest absolute Gasteiger partial charge is 0.382 e. The van der Waals surface area contributed by atoms with Crippen LogP contribution >= 0.6 is 11.8 Å². The second-order valence-electron chi connectivity index (χ2n) is 5.75. The minimum absolute atomic E-state index is 0.154. The van der Waals surface area contributed by atoms with Gasteiger partial charge in [-0.15, -0.1) is 0 Å². The molecule has 0 spiro atoms. The zero-order chi connectivity index (χ0) is 19.8. The molecule has 0 radical (unpaired) electrons. The summed E-state index contributed by atoms with van der Waals surface area (Å²) in [7, 11) is 1.43. The third-order valence-electron chi connectivity index (χ3n) is 3.82. The molecular formula is C18H24N4O4S. The van der Waals surface area contributed by atoms with Crippen LogP contribution in [0.4, 0.5) is 4.79 Å². The van der Waals surface area contributed by atoms with Gasteiger partial charge in [0.25, 0.3) is 5.56 Å². The molecule has 0 aliphatic rings. The van der Waals surface area contributed by atoms with E-state index >= 15 is 0 Å². The Hall–Kier alpha value is -2.39. The highest BCUT2D eigenvalue weighted by Gasteiger charge is 2.20. The molecule has 0 saturated heterocycles. The Morgan fingerprint density at radius 3 is 2.78 bits per heavy atom. The number of ether oxygens (including phenoxy) is 1. The van der Waals surface area contributed by atoms with Crippen LogP contribution in [0.15, 0.2) is 34.2 Å². The Balaban J connectivity index is 2.30. The smallest absolute Gasteiger partial charge is 0.321 e. The molecule has 0 aliphatic carbocycles. The van der Waals surface area contributed by atoms with E-state index in [2.05, 4.69) is 15.6 Å². The highest BCUT2D eigenvalue weighted by molar-refractivity contribution is 8.00. The minimum Gasteiger partial charge on any atom is -0.382 e. The number of hydrogen-bond donors (Lipinski definition) is 2. The molecule has 1 atom stereocenters. The van der Waals surface area contributed by atoms with Crippen LogP contribution in [-0.4, -0.2) is 47.0 Å². The lowest BCUT2D eigenvalue weighted by Crippen LogP contribution is -2.41. The standard InChI is InChI=1S/C18H24N4O4S/c1-4-26-11-7-10-22-16(24)13-8-5-6-9-14(13)20-18(22)27-12(2)15(23)21-17(25)19-3/h5-6,8-9,12H,4,7,10-11H2,1-3H3,(H2,19,21,23,25)/t12-/m1/s1. The number of carbonyl (C=O) groups excluding carboxylic acids is 2. The molecule has 3 amide bonds. The average molecular weight is 392 g/mol. The van der Waals surface area contributed by atoms with Crippen molar-refractivity contribution in [3.8, 4) is 0 Å². The van der Waals surface area contributed by atoms with Gasteiger partial charge in [-0.25, -0.2) is 9.78 Å². The summed E-state index contributed by atoms with van der Waals surface area (Å²) in [5.74, 6) is -0.456. The van der Waals surface area contributed by atoms with Crippen LogP contribution < -0.4 is 16.2 Å². The van der Waals surface area contributed by atoms with Crippen molar-refractivity contribution in [2.75, 3.05) is 20.3 Å². The molecule has 27 heavy (non-hydrogen) atoms. The van der Waals surface area contributed by atoms with Gasteiger partial charge in [0.1, 0.15) is 0 Å². The number of benzene rings is 1. The van der Waals surface area contributed by atoms with Crippen LogP contribution in [-0.2, 0) is 16.1 Å². The lowest BCUT2D eigenvalue weighted by molar-refractivity contribution is -0.119. The number of imide groups is 1. The molecule has 0 fully saturated rings. The van der Waals surface area contributed by atoms with Gasteiger partial charge in [0, 0.05) is 26.8 Å². The monoisotopic (exact) mass is 392 g/mol. The van der Waals surface area contributed by atoms with Gasteiger partial charge in [-0.2, -0.15) is 0 Å². The highest BCUT2D eigenvalue weighted by atomic mass is 32.2. The fourth-order valence-corrected chi connectivity index (χ4v) is 3.33. The van der Waals surface area contributed by atoms with E-state index in [1.807, 2.05) is 13.0 Å². The number of nitrogens with one attached hydrogen (secondary N) is 2. The summed E-state index contributed by atoms with van der Waals surface area (Å²) < 4.78 is 6.91. The van der Waals surface area contributed by atoms with Crippen molar-refractivity contribution in [3.05, 3.63) is 34.6 Å². The van der Waals surface area contributed by atoms with E-state index in [0.29, 0.717) is 42.2 Å². The number of para-hydroxylation sites is 1. The van der Waals surface area contributed by atoms with Crippen molar-refractivity contribution >= 4 is 34.6 Å². The van der Waals surface area contributed by atoms with Crippen molar-refractivity contribution in [1.82, 2.24) is 20.2 Å². The number of nitrogens with zero attached hydrogens (tertiary/aromatic N) is 2. The van der Waals surface area contributed by atoms with Gasteiger partial charge in [-0.3, -0.25) is 19.5 Å². The van der Waals surface area contributed by atoms with Gasteiger partial charge in [0.05, 0.1) is 16.2 Å². The van der Waals surface area contributed by atoms with Gasteiger partial charge >= 0.3 is 6.03 Å². The third kappa shape index (κ3) is 5.54. The number of fused-ring (bicyclic) bond motifs is 1. The van der Waals surface area contributed by atoms with Gasteiger partial charge in [-0.05, 0) is 32.4 Å². The summed E-state index contributed by atoms with van der Waals surface area (Å²) in [6.07, 6.45) is 0.653. The maximum atomic E-state index is 12.9. The molecule has 146 valence electrons. The van der Waals surface area contributed by atoms with E-state index in [9.17, 15) is 14.4 Å². The molecule has 0 unspecified atom stereocenters. The quantitative estimate of drug-likeness (QED) is 0.403. The fourth-order valence-electron chi connectivity index (χ4n) is 2.39. The molecule has 0 saturated carbocycles. The summed E-state index contributed by atoms with van der Waals surface area (Å²) in [4.78, 5) is 40.9. The van der Waals surface area contributed by atoms with Crippen LogP contribution in [0.25, 0.3) is 10.9 Å². The van der Waals surface area contributed by atoms with E-state index in [0.717, 1.165) is 11.8 Å². The first kappa shape index (κ1) is 20.9. The molecule has 9 heteroatoms. The minimum atomic E-state index is -0.603. The molecular weight excluding hydrogens is 368 g/mol. The van der Waals surface area contributed by atoms with Crippen molar-refractivity contribution in [2.45, 2.75) is 37.2 Å². The average Bonchev–Trinajstić information content (AvgIpc) is 2.67. The Morgan fingerprint density at radius 1 is 1.33 bits per heavy atom. The highest BCUT2D eigenvalue weighted by Crippen LogP contribution is 2.22. The van der Waals surface area contributed by atoms with Crippen LogP contribution in [0, 0.1) is 0 Å². The number of aromatic nitrogens is 2. The van der Waals surface area contributed by atoms with Crippen molar-refractivity contribution in [3.63, 3.8) is 0 Å². The second kappa shape index (κ2) is 10.1. The van der Waals surface area contributed by atoms with Crippen molar-refractivity contribution in [1.29, 1.82) is 0 Å². The predicted octanol–water partition coefficient (Wildman–Crippen LogP) is 1.76. The lowest BCUT2D eigenvalue weighted by atomic mass is 10.2. The molecule has 2 N–H and O–H groups in total. The predicted molar refractivity (Wildman–Crippen MR) is 105 cm³/mol. The molecule has 1 heterocycles. The SMILES string of the molecule is CCOCCCn1c(S[C@H](C)C(=O)NC(=O)NC)nc2ccccc2c1=O. The normalized spacial score (nSPS) is 12.0. The molecule has 0 aliphatic heterocycles. The first-order valence-electron chi connectivity index (χ1n) is 8.74. The maximum Gasteiger partial charge on any atom is 0.321 e. The zero-order valence-electron chi connectivity index (χ0n) is 15.7. The Labute approximate surface area is 161 Å². The first-order chi connectivity index (χ1) is 13.0. The Bertz CT molecular complexity index is 868. The fraction of sp³-hybridized carbons (Fsp3) is 0.444. The van der Waals surface area contributed by atoms with Crippen molar-refractivity contribution in [2.24, 2.45) is 0 Å². The number of thioether (sulfide) groups is 1. The lowest BCUT2D eigenvalue weighted by Gasteiger charge is -2.16. The number of hydrogen-bond acceptors (Lipinski definition) is 6. The van der Waals surface area contributed by atoms with Crippen LogP contribution in [0.2, 0.25) is 0 Å². The van der Waals surface area contributed by atoms with E-state index < -0.39 is 17.2 Å². The topological polar surface area (TPSA) is 102 Å². The van der Waals surface area contributed by atoms with E-state index in [1.165, 1.54) is 7.05 Å². The first-order valence-corrected chi connectivity index (χ1v) is 9.62. The molecule has 1 aromatic carbocycles. The summed E-state index contributed by atoms with van der Waals surface area (Å²) in [6, 6.07) is 6.53. The van der Waals surface area contributed by atoms with E-state index in [4.69, 9.17) is 4.74 Å². The summed E-state index contributed by atoms with van der Waals surface area (Å²) in [5, 5.41) is 4.93. The molecule has 0 bridgehead atoms. The van der Waals surface area contributed by atoms with Crippen molar-refractivity contribution < 1.29 is 14.3 Å². The zero-order valence-corrected chi connectivity index (χ0v) is 16.5. The summed E-state index contributed by atoms with van der Waals surface area (Å²) >= 11 is 1.14. The molecule has 8 nitrogen and oxygen atoms in total. The molecule has 1 aromatic heterocycles. The van der Waals surface area contributed by atoms with Crippen LogP contribution in [0.3, 0.4) is 0 Å². The molecule has 2 aromatic rings. The second-order valence-corrected chi connectivity index (χ2v) is 7.06. The van der Waals surface area contributed by atoms with Crippen LogP contribution in [0.1, 0.15) is 20.3 Å². The Kier molecular flexibility index (Phi) is 7.81. The number of rotatable bonds is 8. The number of urea groups is 1. The Morgan fingerprint density at radius 2 is 2.07 bits per heavy atom. The number of carbonyl (C=O) groups is 2.